The molecule has 0 radical (unpaired) electrons. The largest absolute Gasteiger partial charge is 0.392 e. The van der Waals surface area contributed by atoms with Gasteiger partial charge in [0, 0.05) is 23.6 Å². The van der Waals surface area contributed by atoms with Crippen LogP contribution in [0.25, 0.3) is 0 Å². The molecule has 17 heavy (non-hydrogen) atoms. The van der Waals surface area contributed by atoms with E-state index in [9.17, 15) is 9.50 Å². The van der Waals surface area contributed by atoms with E-state index < -0.39 is 0 Å². The number of halogens is 2. The molecule has 0 spiro atoms. The fraction of sp³-hybridized carbons (Fsp3) is 0.538. The van der Waals surface area contributed by atoms with Crippen molar-refractivity contribution in [3.05, 3.63) is 34.1 Å². The second-order valence-electron chi connectivity index (χ2n) is 4.65. The zero-order chi connectivity index (χ0) is 13.0. The van der Waals surface area contributed by atoms with E-state index in [-0.39, 0.29) is 11.9 Å². The van der Waals surface area contributed by atoms with Crippen LogP contribution in [0, 0.1) is 5.82 Å². The molecule has 1 aromatic rings. The second kappa shape index (κ2) is 6.47. The average Bonchev–Trinajstić information content (AvgIpc) is 2.13. The topological polar surface area (TPSA) is 23.5 Å². The maximum absolute atomic E-state index is 13.2. The summed E-state index contributed by atoms with van der Waals surface area (Å²) in [5.74, 6) is -0.241. The Morgan fingerprint density at radius 3 is 2.41 bits per heavy atom. The van der Waals surface area contributed by atoms with Gasteiger partial charge in [-0.15, -0.1) is 0 Å². The van der Waals surface area contributed by atoms with E-state index in [1.54, 1.807) is 6.92 Å². The third-order valence-corrected chi connectivity index (χ3v) is 2.99. The van der Waals surface area contributed by atoms with Gasteiger partial charge >= 0.3 is 0 Å². The van der Waals surface area contributed by atoms with Crippen molar-refractivity contribution < 1.29 is 9.50 Å². The minimum absolute atomic E-state index is 0.241. The van der Waals surface area contributed by atoms with Gasteiger partial charge in [0.2, 0.25) is 0 Å². The van der Waals surface area contributed by atoms with Crippen LogP contribution in [0.15, 0.2) is 22.7 Å². The summed E-state index contributed by atoms with van der Waals surface area (Å²) < 4.78 is 14.0. The summed E-state index contributed by atoms with van der Waals surface area (Å²) in [5, 5.41) is 9.43. The number of hydrogen-bond donors (Lipinski definition) is 1. The lowest BCUT2D eigenvalue weighted by atomic mass is 10.1. The fourth-order valence-electron chi connectivity index (χ4n) is 1.73. The Hall–Kier alpha value is -0.450. The van der Waals surface area contributed by atoms with Crippen molar-refractivity contribution in [3.8, 4) is 0 Å². The Bertz CT molecular complexity index is 348. The standard InChI is InChI=1S/C13H19BrFNO/c1-9(2)16(7-10(3)17)8-11-4-12(14)6-13(15)5-11/h4-6,9-10,17H,7-8H2,1-3H3/t10-/m1/s1. The molecule has 0 aliphatic heterocycles. The van der Waals surface area contributed by atoms with E-state index in [0.29, 0.717) is 19.1 Å². The maximum Gasteiger partial charge on any atom is 0.124 e. The van der Waals surface area contributed by atoms with Crippen LogP contribution >= 0.6 is 15.9 Å². The quantitative estimate of drug-likeness (QED) is 0.903. The summed E-state index contributed by atoms with van der Waals surface area (Å²) in [7, 11) is 0. The average molecular weight is 304 g/mol. The molecule has 0 aliphatic rings. The Morgan fingerprint density at radius 2 is 1.94 bits per heavy atom. The number of hydrogen-bond acceptors (Lipinski definition) is 2. The van der Waals surface area contributed by atoms with E-state index in [1.807, 2.05) is 6.07 Å². The third kappa shape index (κ3) is 5.15. The summed E-state index contributed by atoms with van der Waals surface area (Å²) in [6.45, 7) is 7.12. The van der Waals surface area contributed by atoms with Crippen LogP contribution < -0.4 is 0 Å². The van der Waals surface area contributed by atoms with Crippen molar-refractivity contribution in [2.24, 2.45) is 0 Å². The van der Waals surface area contributed by atoms with Gasteiger partial charge in [-0.3, -0.25) is 4.90 Å². The molecule has 1 aromatic carbocycles. The number of benzene rings is 1. The van der Waals surface area contributed by atoms with Crippen molar-refractivity contribution in [2.75, 3.05) is 6.54 Å². The SMILES string of the molecule is CC(C)N(Cc1cc(F)cc(Br)c1)C[C@@H](C)O. The van der Waals surface area contributed by atoms with Crippen LogP contribution in [0.3, 0.4) is 0 Å². The van der Waals surface area contributed by atoms with E-state index >= 15 is 0 Å². The Labute approximate surface area is 111 Å². The number of aliphatic hydroxyl groups is 1. The minimum Gasteiger partial charge on any atom is -0.392 e. The van der Waals surface area contributed by atoms with Gasteiger partial charge in [0.25, 0.3) is 0 Å². The predicted molar refractivity (Wildman–Crippen MR) is 71.3 cm³/mol. The van der Waals surface area contributed by atoms with Crippen LogP contribution in [0.4, 0.5) is 4.39 Å². The highest BCUT2D eigenvalue weighted by Gasteiger charge is 2.13. The van der Waals surface area contributed by atoms with Crippen molar-refractivity contribution >= 4 is 15.9 Å². The third-order valence-electron chi connectivity index (χ3n) is 2.54. The highest BCUT2D eigenvalue weighted by atomic mass is 79.9. The molecule has 4 heteroatoms. The van der Waals surface area contributed by atoms with E-state index in [1.165, 1.54) is 12.1 Å². The van der Waals surface area contributed by atoms with Gasteiger partial charge in [-0.25, -0.2) is 4.39 Å². The Kier molecular flexibility index (Phi) is 5.56. The highest BCUT2D eigenvalue weighted by Crippen LogP contribution is 2.17. The van der Waals surface area contributed by atoms with Gasteiger partial charge in [0.05, 0.1) is 6.10 Å². The summed E-state index contributed by atoms with van der Waals surface area (Å²) in [6.07, 6.45) is -0.380. The van der Waals surface area contributed by atoms with Gasteiger partial charge in [0.1, 0.15) is 5.82 Å². The molecular weight excluding hydrogens is 285 g/mol. The molecule has 0 bridgehead atoms. The molecule has 2 nitrogen and oxygen atoms in total. The molecule has 0 aromatic heterocycles. The number of rotatable bonds is 5. The second-order valence-corrected chi connectivity index (χ2v) is 5.57. The molecule has 0 saturated heterocycles. The monoisotopic (exact) mass is 303 g/mol. The summed E-state index contributed by atoms with van der Waals surface area (Å²) in [4.78, 5) is 2.12. The van der Waals surface area contributed by atoms with Gasteiger partial charge in [-0.2, -0.15) is 0 Å². The van der Waals surface area contributed by atoms with Gasteiger partial charge in [0.15, 0.2) is 0 Å². The fourth-order valence-corrected chi connectivity index (χ4v) is 2.25. The normalized spacial score (nSPS) is 13.4. The predicted octanol–water partition coefficient (Wildman–Crippen LogP) is 3.18. The molecule has 1 N–H and O–H groups in total. The summed E-state index contributed by atoms with van der Waals surface area (Å²) >= 11 is 3.28. The molecule has 1 rings (SSSR count). The Morgan fingerprint density at radius 1 is 1.29 bits per heavy atom. The summed E-state index contributed by atoms with van der Waals surface area (Å²) in [6, 6.07) is 5.19. The van der Waals surface area contributed by atoms with Crippen molar-refractivity contribution in [1.29, 1.82) is 0 Å². The zero-order valence-electron chi connectivity index (χ0n) is 10.5. The molecule has 0 fully saturated rings. The molecule has 0 amide bonds. The molecule has 0 aliphatic carbocycles. The van der Waals surface area contributed by atoms with Crippen LogP contribution in [-0.4, -0.2) is 28.7 Å². The lowest BCUT2D eigenvalue weighted by Crippen LogP contribution is -2.36. The summed E-state index contributed by atoms with van der Waals surface area (Å²) in [5.41, 5.74) is 0.909. The number of nitrogens with zero attached hydrogens (tertiary/aromatic N) is 1. The van der Waals surface area contributed by atoms with Crippen LogP contribution in [0.5, 0.6) is 0 Å². The van der Waals surface area contributed by atoms with Gasteiger partial charge < -0.3 is 5.11 Å². The first kappa shape index (κ1) is 14.6. The first-order valence-corrected chi connectivity index (χ1v) is 6.55. The molecule has 96 valence electrons. The van der Waals surface area contributed by atoms with Gasteiger partial charge in [-0.1, -0.05) is 15.9 Å². The van der Waals surface area contributed by atoms with E-state index in [4.69, 9.17) is 0 Å². The maximum atomic E-state index is 13.2. The van der Waals surface area contributed by atoms with Crippen molar-refractivity contribution in [2.45, 2.75) is 39.5 Å². The molecule has 1 atom stereocenters. The lowest BCUT2D eigenvalue weighted by Gasteiger charge is -2.27. The molecule has 0 heterocycles. The van der Waals surface area contributed by atoms with Crippen molar-refractivity contribution in [1.82, 2.24) is 4.90 Å². The molecular formula is C13H19BrFNO. The Balaban J connectivity index is 2.78. The van der Waals surface area contributed by atoms with Crippen molar-refractivity contribution in [3.63, 3.8) is 0 Å². The molecule has 0 unspecified atom stereocenters. The van der Waals surface area contributed by atoms with Crippen LogP contribution in [-0.2, 0) is 6.54 Å². The number of aliphatic hydroxyl groups excluding tert-OH is 1. The first-order valence-electron chi connectivity index (χ1n) is 5.75. The van der Waals surface area contributed by atoms with Crippen LogP contribution in [0.1, 0.15) is 26.3 Å². The van der Waals surface area contributed by atoms with E-state index in [0.717, 1.165) is 10.0 Å². The van der Waals surface area contributed by atoms with E-state index in [2.05, 4.69) is 34.7 Å². The minimum atomic E-state index is -0.380. The lowest BCUT2D eigenvalue weighted by molar-refractivity contribution is 0.103. The first-order chi connectivity index (χ1) is 7.88. The van der Waals surface area contributed by atoms with Gasteiger partial charge in [-0.05, 0) is 44.5 Å². The highest BCUT2D eigenvalue weighted by molar-refractivity contribution is 9.10. The molecule has 0 saturated carbocycles. The zero-order valence-corrected chi connectivity index (χ0v) is 12.0. The smallest absolute Gasteiger partial charge is 0.124 e. The van der Waals surface area contributed by atoms with Crippen LogP contribution in [0.2, 0.25) is 0 Å².